The Kier molecular flexibility index (Phi) is 2.99. The minimum atomic E-state index is 0.0523. The molecule has 0 aliphatic carbocycles. The van der Waals surface area contributed by atoms with E-state index in [9.17, 15) is 4.79 Å². The van der Waals surface area contributed by atoms with Crippen molar-refractivity contribution in [3.63, 3.8) is 0 Å². The van der Waals surface area contributed by atoms with Crippen LogP contribution in [0.15, 0.2) is 18.5 Å². The van der Waals surface area contributed by atoms with Gasteiger partial charge in [-0.2, -0.15) is 0 Å². The predicted molar refractivity (Wildman–Crippen MR) is 38.9 cm³/mol. The second-order valence-electron chi connectivity index (χ2n) is 2.14. The topological polar surface area (TPSA) is 30.0 Å². The van der Waals surface area contributed by atoms with Gasteiger partial charge in [0.1, 0.15) is 0 Å². The summed E-state index contributed by atoms with van der Waals surface area (Å²) in [7, 11) is 0. The van der Waals surface area contributed by atoms with Crippen LogP contribution in [0.5, 0.6) is 0 Å². The quantitative estimate of drug-likeness (QED) is 0.356. The molecule has 1 heterocycles. The summed E-state index contributed by atoms with van der Waals surface area (Å²) in [5, 5.41) is 0. The van der Waals surface area contributed by atoms with Crippen molar-refractivity contribution in [3.05, 3.63) is 27.6 Å². The van der Waals surface area contributed by atoms with Crippen LogP contribution in [-0.2, 0) is 0 Å². The number of rotatable bonds is 2. The van der Waals surface area contributed by atoms with Crippen LogP contribution < -0.4 is 21.2 Å². The summed E-state index contributed by atoms with van der Waals surface area (Å²) < 4.78 is 1.22. The average molecular weight is 262 g/mol. The molecule has 0 spiro atoms. The summed E-state index contributed by atoms with van der Waals surface area (Å²) in [4.78, 5) is 17.0. The van der Waals surface area contributed by atoms with Crippen LogP contribution in [0.25, 0.3) is 0 Å². The fourth-order valence-electron chi connectivity index (χ4n) is 0.708. The van der Waals surface area contributed by atoms with Crippen molar-refractivity contribution in [3.8, 4) is 0 Å². The Bertz CT molecular complexity index is 273. The molecule has 0 aromatic carbocycles. The maximum atomic E-state index is 10.9. The van der Waals surface area contributed by atoms with Gasteiger partial charge in [-0.05, 0) is 0 Å². The molecule has 0 unspecified atom stereocenters. The van der Waals surface area contributed by atoms with Gasteiger partial charge in [0.2, 0.25) is 0 Å². The van der Waals surface area contributed by atoms with E-state index < -0.39 is 0 Å². The molecule has 2 nitrogen and oxygen atoms in total. The van der Waals surface area contributed by atoms with Crippen LogP contribution in [0, 0.1) is 3.57 Å². The predicted octanol–water partition coefficient (Wildman–Crippen LogP) is -1.83. The van der Waals surface area contributed by atoms with E-state index in [4.69, 9.17) is 0 Å². The summed E-state index contributed by atoms with van der Waals surface area (Å²) in [5.74, 6) is 0.0943. The number of nitrogens with zero attached hydrogens (tertiary/aromatic N) is 1. The molecule has 0 N–H and O–H groups in total. The van der Waals surface area contributed by atoms with Gasteiger partial charge in [-0.3, -0.25) is 0 Å². The summed E-state index contributed by atoms with van der Waals surface area (Å²) >= 11 is 0.0523. The van der Waals surface area contributed by atoms with Gasteiger partial charge in [-0.25, -0.2) is 0 Å². The molecule has 0 saturated heterocycles. The molecular formula is C8H9INO-. The van der Waals surface area contributed by atoms with Crippen LogP contribution >= 0.6 is 0 Å². The fraction of sp³-hybridized carbons (Fsp3) is 0.250. The summed E-state index contributed by atoms with van der Waals surface area (Å²) in [6, 6.07) is 1.93. The van der Waals surface area contributed by atoms with Crippen molar-refractivity contribution >= 4 is 5.78 Å². The van der Waals surface area contributed by atoms with Crippen molar-refractivity contribution in [1.82, 2.24) is 4.98 Å². The third kappa shape index (κ3) is 2.25. The molecular weight excluding hydrogens is 253 g/mol. The normalized spacial score (nSPS) is 10.0. The first kappa shape index (κ1) is 8.64. The van der Waals surface area contributed by atoms with E-state index in [1.165, 1.54) is 3.57 Å². The van der Waals surface area contributed by atoms with Gasteiger partial charge in [0.25, 0.3) is 0 Å². The van der Waals surface area contributed by atoms with E-state index in [0.29, 0.717) is 0 Å². The number of aromatic nitrogens is 1. The number of carbonyl (C=O) groups excluding carboxylic acids is 1. The van der Waals surface area contributed by atoms with Gasteiger partial charge in [-0.1, -0.05) is 0 Å². The third-order valence-electron chi connectivity index (χ3n) is 1.33. The second-order valence-corrected chi connectivity index (χ2v) is 4.46. The molecule has 0 aliphatic heterocycles. The van der Waals surface area contributed by atoms with Crippen LogP contribution in [0.4, 0.5) is 0 Å². The standard InChI is InChI=1S/C8H9INO/c1-6(11)7-3-8(9-2)5-10-4-7/h3-5H,1-2H3/q-1. The van der Waals surface area contributed by atoms with Crippen LogP contribution in [0.1, 0.15) is 17.3 Å². The molecule has 11 heavy (non-hydrogen) atoms. The summed E-state index contributed by atoms with van der Waals surface area (Å²) in [5.41, 5.74) is 0.726. The summed E-state index contributed by atoms with van der Waals surface area (Å²) in [6.07, 6.45) is 3.45. The van der Waals surface area contributed by atoms with E-state index in [-0.39, 0.29) is 27.0 Å². The average Bonchev–Trinajstić information content (AvgIpc) is 2.05. The van der Waals surface area contributed by atoms with Crippen LogP contribution in [0.3, 0.4) is 0 Å². The molecule has 0 radical (unpaired) electrons. The number of Topliss-reactive ketones (excluding diaryl/α,β-unsaturated/α-hetero) is 1. The number of hydrogen-bond donors (Lipinski definition) is 0. The first-order chi connectivity index (χ1) is 5.24. The van der Waals surface area contributed by atoms with Gasteiger partial charge in [0.15, 0.2) is 0 Å². The monoisotopic (exact) mass is 262 g/mol. The first-order valence-corrected chi connectivity index (χ1v) is 6.43. The van der Waals surface area contributed by atoms with Gasteiger partial charge in [0.05, 0.1) is 0 Å². The molecule has 1 aromatic rings. The van der Waals surface area contributed by atoms with Crippen molar-refractivity contribution in [1.29, 1.82) is 0 Å². The first-order valence-electron chi connectivity index (χ1n) is 3.19. The van der Waals surface area contributed by atoms with E-state index in [2.05, 4.69) is 9.91 Å². The molecule has 1 aromatic heterocycles. The van der Waals surface area contributed by atoms with Crippen molar-refractivity contribution in [2.45, 2.75) is 6.92 Å². The van der Waals surface area contributed by atoms with E-state index in [1.54, 1.807) is 13.1 Å². The van der Waals surface area contributed by atoms with Gasteiger partial charge >= 0.3 is 76.2 Å². The summed E-state index contributed by atoms with van der Waals surface area (Å²) in [6.45, 7) is 1.56. The molecule has 0 aliphatic rings. The van der Waals surface area contributed by atoms with Gasteiger partial charge in [-0.15, -0.1) is 0 Å². The van der Waals surface area contributed by atoms with Crippen LogP contribution in [0.2, 0.25) is 0 Å². The van der Waals surface area contributed by atoms with E-state index in [0.717, 1.165) is 5.56 Å². The Morgan fingerprint density at radius 1 is 1.55 bits per heavy atom. The Morgan fingerprint density at radius 3 is 2.82 bits per heavy atom. The van der Waals surface area contributed by atoms with E-state index >= 15 is 0 Å². The molecule has 0 saturated carbocycles. The molecule has 0 atom stereocenters. The van der Waals surface area contributed by atoms with E-state index in [1.807, 2.05) is 12.3 Å². The molecule has 0 bridgehead atoms. The number of halogens is 1. The number of ketones is 1. The number of hydrogen-bond acceptors (Lipinski definition) is 2. The zero-order chi connectivity index (χ0) is 8.27. The Labute approximate surface area is 76.3 Å². The minimum absolute atomic E-state index is 0.0523. The molecule has 0 amide bonds. The maximum absolute atomic E-state index is 10.9. The van der Waals surface area contributed by atoms with Gasteiger partial charge in [0, 0.05) is 0 Å². The molecule has 60 valence electrons. The van der Waals surface area contributed by atoms with Crippen molar-refractivity contribution < 1.29 is 26.0 Å². The zero-order valence-electron chi connectivity index (χ0n) is 6.47. The zero-order valence-corrected chi connectivity index (χ0v) is 8.62. The Morgan fingerprint density at radius 2 is 2.27 bits per heavy atom. The Balaban J connectivity index is 3.01. The van der Waals surface area contributed by atoms with Crippen LogP contribution in [-0.4, -0.2) is 15.7 Å². The molecule has 0 fully saturated rings. The molecule has 1 rings (SSSR count). The number of alkyl halides is 1. The number of carbonyl (C=O) groups is 1. The third-order valence-corrected chi connectivity index (χ3v) is 3.17. The SMILES string of the molecule is C[I-]c1cncc(C(C)=O)c1. The number of pyridine rings is 1. The van der Waals surface area contributed by atoms with Crippen molar-refractivity contribution in [2.75, 3.05) is 4.93 Å². The second kappa shape index (κ2) is 3.80. The Hall–Kier alpha value is -0.450. The van der Waals surface area contributed by atoms with Gasteiger partial charge < -0.3 is 0 Å². The van der Waals surface area contributed by atoms with Crippen molar-refractivity contribution in [2.24, 2.45) is 0 Å². The fourth-order valence-corrected chi connectivity index (χ4v) is 1.79. The molecule has 3 heteroatoms.